The molecule has 1 N–H and O–H groups in total. The second-order valence-electron chi connectivity index (χ2n) is 6.74. The van der Waals surface area contributed by atoms with E-state index >= 15 is 0 Å². The Labute approximate surface area is 124 Å². The summed E-state index contributed by atoms with van der Waals surface area (Å²) in [5.41, 5.74) is 4.35. The average molecular weight is 274 g/mol. The zero-order chi connectivity index (χ0) is 14.5. The van der Waals surface area contributed by atoms with Gasteiger partial charge < -0.3 is 10.2 Å². The quantitative estimate of drug-likeness (QED) is 0.809. The molecule has 0 aromatic heterocycles. The van der Waals surface area contributed by atoms with Crippen molar-refractivity contribution < 1.29 is 0 Å². The summed E-state index contributed by atoms with van der Waals surface area (Å²) in [5.74, 6) is 0.830. The van der Waals surface area contributed by atoms with Gasteiger partial charge in [0.25, 0.3) is 0 Å². The van der Waals surface area contributed by atoms with E-state index in [1.807, 2.05) is 0 Å². The minimum Gasteiger partial charge on any atom is -0.374 e. The summed E-state index contributed by atoms with van der Waals surface area (Å²) in [5, 5.41) is 3.66. The number of fused-ring (bicyclic) bond motifs is 1. The molecule has 2 nitrogen and oxygen atoms in total. The van der Waals surface area contributed by atoms with E-state index in [1.54, 1.807) is 0 Å². The first-order valence-electron chi connectivity index (χ1n) is 8.12. The van der Waals surface area contributed by atoms with E-state index in [1.165, 1.54) is 42.5 Å². The van der Waals surface area contributed by atoms with E-state index in [-0.39, 0.29) is 0 Å². The van der Waals surface area contributed by atoms with Gasteiger partial charge in [-0.15, -0.1) is 0 Å². The molecule has 1 heterocycles. The second-order valence-corrected chi connectivity index (χ2v) is 6.74. The molecule has 2 heteroatoms. The van der Waals surface area contributed by atoms with Gasteiger partial charge in [0.15, 0.2) is 0 Å². The molecule has 112 valence electrons. The Morgan fingerprint density at radius 3 is 2.75 bits per heavy atom. The van der Waals surface area contributed by atoms with Crippen LogP contribution in [0.3, 0.4) is 0 Å². The molecule has 1 aliphatic rings. The second kappa shape index (κ2) is 7.12. The fraction of sp³-hybridized carbons (Fsp3) is 0.667. The van der Waals surface area contributed by atoms with Gasteiger partial charge in [-0.25, -0.2) is 0 Å². The first-order chi connectivity index (χ1) is 9.56. The first-order valence-corrected chi connectivity index (χ1v) is 8.12. The maximum absolute atomic E-state index is 3.66. The number of nitrogens with one attached hydrogen (secondary N) is 1. The number of likely N-dealkylation sites (N-methyl/N-ethyl adjacent to an activating group) is 1. The van der Waals surface area contributed by atoms with Gasteiger partial charge >= 0.3 is 0 Å². The standard InChI is InChI=1S/C18H30N2/c1-14(2)6-5-7-15(3)19-13-16-8-9-18-17(12-16)10-11-20(18)4/h8-9,12,14-15,19H,5-7,10-11,13H2,1-4H3. The van der Waals surface area contributed by atoms with Crippen LogP contribution < -0.4 is 10.2 Å². The molecule has 1 unspecified atom stereocenters. The minimum absolute atomic E-state index is 0.615. The lowest BCUT2D eigenvalue weighted by atomic mass is 10.0. The van der Waals surface area contributed by atoms with Crippen LogP contribution in [0.25, 0.3) is 0 Å². The van der Waals surface area contributed by atoms with Gasteiger partial charge in [0.2, 0.25) is 0 Å². The van der Waals surface area contributed by atoms with Gasteiger partial charge in [-0.3, -0.25) is 0 Å². The highest BCUT2D eigenvalue weighted by atomic mass is 15.1. The molecule has 1 aromatic rings. The molecule has 0 fully saturated rings. The van der Waals surface area contributed by atoms with Crippen molar-refractivity contribution in [1.29, 1.82) is 0 Å². The van der Waals surface area contributed by atoms with Gasteiger partial charge in [0.1, 0.15) is 0 Å². The molecule has 0 aliphatic carbocycles. The van der Waals surface area contributed by atoms with Crippen molar-refractivity contribution in [2.75, 3.05) is 18.5 Å². The highest BCUT2D eigenvalue weighted by molar-refractivity contribution is 5.58. The summed E-state index contributed by atoms with van der Waals surface area (Å²) in [6.45, 7) is 9.08. The minimum atomic E-state index is 0.615. The summed E-state index contributed by atoms with van der Waals surface area (Å²) in [6.07, 6.45) is 5.16. The third-order valence-corrected chi connectivity index (χ3v) is 4.34. The summed E-state index contributed by atoms with van der Waals surface area (Å²) in [7, 11) is 2.18. The van der Waals surface area contributed by atoms with Crippen LogP contribution in [0, 0.1) is 5.92 Å². The van der Waals surface area contributed by atoms with E-state index in [2.05, 4.69) is 56.2 Å². The van der Waals surface area contributed by atoms with Crippen molar-refractivity contribution in [3.63, 3.8) is 0 Å². The Kier molecular flexibility index (Phi) is 5.47. The van der Waals surface area contributed by atoms with E-state index in [4.69, 9.17) is 0 Å². The number of hydrogen-bond donors (Lipinski definition) is 1. The lowest BCUT2D eigenvalue weighted by Gasteiger charge is -2.16. The monoisotopic (exact) mass is 274 g/mol. The normalized spacial score (nSPS) is 15.8. The Balaban J connectivity index is 1.77. The Morgan fingerprint density at radius 2 is 2.00 bits per heavy atom. The van der Waals surface area contributed by atoms with Gasteiger partial charge in [0, 0.05) is 31.9 Å². The van der Waals surface area contributed by atoms with Gasteiger partial charge in [-0.05, 0) is 42.9 Å². The molecule has 1 aromatic carbocycles. The van der Waals surface area contributed by atoms with Crippen molar-refractivity contribution in [3.05, 3.63) is 29.3 Å². The molecule has 0 saturated heterocycles. The lowest BCUT2D eigenvalue weighted by Crippen LogP contribution is -2.25. The smallest absolute Gasteiger partial charge is 0.0397 e. The van der Waals surface area contributed by atoms with Crippen molar-refractivity contribution in [1.82, 2.24) is 5.32 Å². The molecule has 0 bridgehead atoms. The number of hydrogen-bond acceptors (Lipinski definition) is 2. The predicted molar refractivity (Wildman–Crippen MR) is 88.4 cm³/mol. The van der Waals surface area contributed by atoms with Gasteiger partial charge in [-0.2, -0.15) is 0 Å². The van der Waals surface area contributed by atoms with Crippen molar-refractivity contribution in [2.24, 2.45) is 5.92 Å². The molecular weight excluding hydrogens is 244 g/mol. The van der Waals surface area contributed by atoms with Crippen LogP contribution in [0.15, 0.2) is 18.2 Å². The summed E-state index contributed by atoms with van der Waals surface area (Å²) in [4.78, 5) is 2.35. The van der Waals surface area contributed by atoms with E-state index in [0.29, 0.717) is 6.04 Å². The molecule has 0 radical (unpaired) electrons. The van der Waals surface area contributed by atoms with Crippen molar-refractivity contribution in [3.8, 4) is 0 Å². The van der Waals surface area contributed by atoms with E-state index in [9.17, 15) is 0 Å². The lowest BCUT2D eigenvalue weighted by molar-refractivity contribution is 0.457. The van der Waals surface area contributed by atoms with Crippen LogP contribution in [0.5, 0.6) is 0 Å². The molecule has 0 saturated carbocycles. The zero-order valence-corrected chi connectivity index (χ0v) is 13.6. The Hall–Kier alpha value is -1.02. The van der Waals surface area contributed by atoms with Gasteiger partial charge in [-0.1, -0.05) is 38.8 Å². The predicted octanol–water partition coefficient (Wildman–Crippen LogP) is 3.98. The number of nitrogens with zero attached hydrogens (tertiary/aromatic N) is 1. The summed E-state index contributed by atoms with van der Waals surface area (Å²) < 4.78 is 0. The molecule has 0 spiro atoms. The maximum Gasteiger partial charge on any atom is 0.0397 e. The SMILES string of the molecule is CC(C)CCCC(C)NCc1ccc2c(c1)CCN2C. The van der Waals surface area contributed by atoms with Crippen LogP contribution in [-0.4, -0.2) is 19.6 Å². The Bertz CT molecular complexity index is 425. The van der Waals surface area contributed by atoms with Crippen molar-refractivity contribution in [2.45, 2.75) is 59.0 Å². The van der Waals surface area contributed by atoms with E-state index < -0.39 is 0 Å². The highest BCUT2D eigenvalue weighted by Crippen LogP contribution is 2.27. The highest BCUT2D eigenvalue weighted by Gasteiger charge is 2.15. The molecule has 20 heavy (non-hydrogen) atoms. The maximum atomic E-state index is 3.66. The summed E-state index contributed by atoms with van der Waals surface area (Å²) in [6, 6.07) is 7.55. The topological polar surface area (TPSA) is 15.3 Å². The fourth-order valence-corrected chi connectivity index (χ4v) is 2.96. The molecule has 1 aliphatic heterocycles. The largest absolute Gasteiger partial charge is 0.374 e. The molecular formula is C18H30N2. The Morgan fingerprint density at radius 1 is 1.20 bits per heavy atom. The van der Waals surface area contributed by atoms with Crippen LogP contribution in [-0.2, 0) is 13.0 Å². The van der Waals surface area contributed by atoms with Crippen molar-refractivity contribution >= 4 is 5.69 Å². The van der Waals surface area contributed by atoms with Gasteiger partial charge in [0.05, 0.1) is 0 Å². The summed E-state index contributed by atoms with van der Waals surface area (Å²) >= 11 is 0. The number of rotatable bonds is 7. The zero-order valence-electron chi connectivity index (χ0n) is 13.6. The molecule has 0 amide bonds. The average Bonchev–Trinajstić information content (AvgIpc) is 2.77. The van der Waals surface area contributed by atoms with E-state index in [0.717, 1.165) is 19.0 Å². The third-order valence-electron chi connectivity index (χ3n) is 4.34. The fourth-order valence-electron chi connectivity index (χ4n) is 2.96. The first kappa shape index (κ1) is 15.4. The number of anilines is 1. The molecule has 1 atom stereocenters. The van der Waals surface area contributed by atoms with Crippen LogP contribution >= 0.6 is 0 Å². The number of benzene rings is 1. The molecule has 2 rings (SSSR count). The van der Waals surface area contributed by atoms with Crippen LogP contribution in [0.1, 0.15) is 51.2 Å². The van der Waals surface area contributed by atoms with Crippen LogP contribution in [0.4, 0.5) is 5.69 Å². The third kappa shape index (κ3) is 4.24. The van der Waals surface area contributed by atoms with Crippen LogP contribution in [0.2, 0.25) is 0 Å².